The molecule has 1 saturated carbocycles. The summed E-state index contributed by atoms with van der Waals surface area (Å²) in [5, 5.41) is 13.1. The number of hydrogen-bond donors (Lipinski definition) is 1. The lowest BCUT2D eigenvalue weighted by atomic mass is 9.62. The number of carbonyl (C=O) groups is 1. The number of aliphatic carboxylic acids is 1. The van der Waals surface area contributed by atoms with Gasteiger partial charge >= 0.3 is 5.97 Å². The van der Waals surface area contributed by atoms with E-state index in [1.165, 1.54) is 22.8 Å². The molecule has 0 heterocycles. The van der Waals surface area contributed by atoms with E-state index < -0.39 is 11.4 Å². The molecule has 29 heavy (non-hydrogen) atoms. The lowest BCUT2D eigenvalue weighted by Crippen LogP contribution is -2.57. The van der Waals surface area contributed by atoms with E-state index in [0.29, 0.717) is 24.5 Å². The molecule has 0 aromatic heterocycles. The quantitative estimate of drug-likeness (QED) is 0.669. The van der Waals surface area contributed by atoms with Crippen molar-refractivity contribution in [3.8, 4) is 0 Å². The summed E-state index contributed by atoms with van der Waals surface area (Å²) in [6, 6.07) is 13.7. The zero-order valence-electron chi connectivity index (χ0n) is 18.0. The van der Waals surface area contributed by atoms with Crippen LogP contribution in [0.2, 0.25) is 0 Å². The Labute approximate surface area is 180 Å². The van der Waals surface area contributed by atoms with Gasteiger partial charge in [0.25, 0.3) is 0 Å². The molecule has 0 bridgehead atoms. The Balaban J connectivity index is 0.00000240. The standard InChI is InChI=1S/C25H33NO2.ClH/c1-16(2)26(17(3)4)22-14-6-5-12-20(22)25(24(27)28)15-19-11-7-9-18-10-8-13-21(25)23(18)19;/h7-11,13,16-17,20,22H,5-6,12,14-15H2,1-4H3,(H,27,28);1H. The summed E-state index contributed by atoms with van der Waals surface area (Å²) in [6.07, 6.45) is 5.06. The summed E-state index contributed by atoms with van der Waals surface area (Å²) < 4.78 is 0. The molecule has 0 radical (unpaired) electrons. The Morgan fingerprint density at radius 3 is 2.28 bits per heavy atom. The van der Waals surface area contributed by atoms with Crippen molar-refractivity contribution in [2.75, 3.05) is 0 Å². The molecule has 2 aromatic rings. The number of halogens is 1. The van der Waals surface area contributed by atoms with Crippen LogP contribution in [0, 0.1) is 5.92 Å². The van der Waals surface area contributed by atoms with E-state index in [2.05, 4.69) is 62.9 Å². The van der Waals surface area contributed by atoms with E-state index >= 15 is 0 Å². The SMILES string of the molecule is CC(C)N(C(C)C)C1CCCCC1C1(C(=O)O)Cc2cccc3cccc1c23.Cl. The smallest absolute Gasteiger partial charge is 0.314 e. The van der Waals surface area contributed by atoms with E-state index in [4.69, 9.17) is 0 Å². The zero-order chi connectivity index (χ0) is 20.1. The second-order valence-electron chi connectivity index (χ2n) is 9.37. The van der Waals surface area contributed by atoms with Crippen molar-refractivity contribution < 1.29 is 9.90 Å². The van der Waals surface area contributed by atoms with Gasteiger partial charge in [0.1, 0.15) is 5.41 Å². The third-order valence-corrected chi connectivity index (χ3v) is 7.26. The lowest BCUT2D eigenvalue weighted by molar-refractivity contribution is -0.149. The van der Waals surface area contributed by atoms with Gasteiger partial charge in [-0.15, -0.1) is 12.4 Å². The van der Waals surface area contributed by atoms with Crippen LogP contribution in [0.4, 0.5) is 0 Å². The van der Waals surface area contributed by atoms with E-state index in [0.717, 1.165) is 24.8 Å². The zero-order valence-corrected chi connectivity index (χ0v) is 18.8. The van der Waals surface area contributed by atoms with Crippen LogP contribution in [-0.2, 0) is 16.6 Å². The number of carboxylic acids is 1. The average Bonchev–Trinajstić information content (AvgIpc) is 2.99. The Hall–Kier alpha value is -1.58. The number of rotatable bonds is 5. The van der Waals surface area contributed by atoms with Crippen LogP contribution in [0.5, 0.6) is 0 Å². The minimum atomic E-state index is -0.809. The van der Waals surface area contributed by atoms with Gasteiger partial charge < -0.3 is 5.11 Å². The largest absolute Gasteiger partial charge is 0.481 e. The van der Waals surface area contributed by atoms with Gasteiger partial charge in [0.2, 0.25) is 0 Å². The van der Waals surface area contributed by atoms with Crippen molar-refractivity contribution in [1.29, 1.82) is 0 Å². The number of hydrogen-bond acceptors (Lipinski definition) is 2. The molecular weight excluding hydrogens is 382 g/mol. The van der Waals surface area contributed by atoms with E-state index in [1.807, 2.05) is 6.07 Å². The molecule has 0 saturated heterocycles. The van der Waals surface area contributed by atoms with Gasteiger partial charge in [0, 0.05) is 18.1 Å². The molecule has 0 spiro atoms. The highest BCUT2D eigenvalue weighted by atomic mass is 35.5. The van der Waals surface area contributed by atoms with Crippen LogP contribution < -0.4 is 0 Å². The van der Waals surface area contributed by atoms with Crippen LogP contribution in [-0.4, -0.2) is 34.1 Å². The summed E-state index contributed by atoms with van der Waals surface area (Å²) >= 11 is 0. The van der Waals surface area contributed by atoms with Gasteiger partial charge in [-0.1, -0.05) is 49.2 Å². The van der Waals surface area contributed by atoms with Gasteiger partial charge in [0.05, 0.1) is 0 Å². The van der Waals surface area contributed by atoms with Gasteiger partial charge in [-0.3, -0.25) is 9.69 Å². The third-order valence-electron chi connectivity index (χ3n) is 7.26. The van der Waals surface area contributed by atoms with Gasteiger partial charge in [-0.2, -0.15) is 0 Å². The molecule has 158 valence electrons. The molecule has 1 fully saturated rings. The molecule has 0 aliphatic heterocycles. The van der Waals surface area contributed by atoms with Crippen molar-refractivity contribution in [3.05, 3.63) is 47.5 Å². The van der Waals surface area contributed by atoms with Crippen LogP contribution in [0.15, 0.2) is 36.4 Å². The normalized spacial score (nSPS) is 26.3. The Bertz CT molecular complexity index is 880. The van der Waals surface area contributed by atoms with Crippen molar-refractivity contribution in [2.45, 2.75) is 83.3 Å². The summed E-state index contributed by atoms with van der Waals surface area (Å²) in [6.45, 7) is 9.01. The first-order valence-corrected chi connectivity index (χ1v) is 10.9. The fourth-order valence-electron chi connectivity index (χ4n) is 6.42. The highest BCUT2D eigenvalue weighted by Gasteiger charge is 2.55. The number of benzene rings is 2. The molecule has 3 unspecified atom stereocenters. The van der Waals surface area contributed by atoms with E-state index in [-0.39, 0.29) is 18.3 Å². The van der Waals surface area contributed by atoms with Crippen LogP contribution in [0.1, 0.15) is 64.5 Å². The molecule has 0 amide bonds. The summed E-state index contributed by atoms with van der Waals surface area (Å²) in [7, 11) is 0. The van der Waals surface area contributed by atoms with E-state index in [9.17, 15) is 9.90 Å². The molecule has 4 heteroatoms. The highest BCUT2D eigenvalue weighted by Crippen LogP contribution is 2.52. The topological polar surface area (TPSA) is 40.5 Å². The fourth-order valence-corrected chi connectivity index (χ4v) is 6.42. The molecule has 2 aliphatic carbocycles. The second kappa shape index (κ2) is 8.28. The summed E-state index contributed by atoms with van der Waals surface area (Å²) in [4.78, 5) is 15.6. The molecule has 3 nitrogen and oxygen atoms in total. The fraction of sp³-hybridized carbons (Fsp3) is 0.560. The van der Waals surface area contributed by atoms with Crippen LogP contribution >= 0.6 is 12.4 Å². The average molecular weight is 416 g/mol. The molecule has 2 aromatic carbocycles. The minimum absolute atomic E-state index is 0. The van der Waals surface area contributed by atoms with Crippen molar-refractivity contribution in [3.63, 3.8) is 0 Å². The monoisotopic (exact) mass is 415 g/mol. The first kappa shape index (κ1) is 22.1. The predicted molar refractivity (Wildman–Crippen MR) is 122 cm³/mol. The van der Waals surface area contributed by atoms with Gasteiger partial charge in [-0.25, -0.2) is 0 Å². The maximum Gasteiger partial charge on any atom is 0.314 e. The molecule has 1 N–H and O–H groups in total. The third kappa shape index (κ3) is 3.37. The van der Waals surface area contributed by atoms with Crippen molar-refractivity contribution in [2.24, 2.45) is 5.92 Å². The Kier molecular flexibility index (Phi) is 6.31. The molecular formula is C25H34ClNO2. The second-order valence-corrected chi connectivity index (χ2v) is 9.37. The van der Waals surface area contributed by atoms with Crippen molar-refractivity contribution in [1.82, 2.24) is 4.90 Å². The number of nitrogens with zero attached hydrogens (tertiary/aromatic N) is 1. The highest BCUT2D eigenvalue weighted by molar-refractivity contribution is 5.99. The maximum atomic E-state index is 13.0. The lowest BCUT2D eigenvalue weighted by Gasteiger charge is -2.50. The van der Waals surface area contributed by atoms with Crippen LogP contribution in [0.25, 0.3) is 10.8 Å². The molecule has 3 atom stereocenters. The first-order chi connectivity index (χ1) is 13.4. The maximum absolute atomic E-state index is 13.0. The Morgan fingerprint density at radius 1 is 1.03 bits per heavy atom. The van der Waals surface area contributed by atoms with E-state index in [1.54, 1.807) is 0 Å². The summed E-state index contributed by atoms with van der Waals surface area (Å²) in [5.41, 5.74) is 1.45. The van der Waals surface area contributed by atoms with Gasteiger partial charge in [0.15, 0.2) is 0 Å². The molecule has 4 rings (SSSR count). The minimum Gasteiger partial charge on any atom is -0.481 e. The molecule has 2 aliphatic rings. The van der Waals surface area contributed by atoms with Crippen LogP contribution in [0.3, 0.4) is 0 Å². The van der Waals surface area contributed by atoms with Gasteiger partial charge in [-0.05, 0) is 74.8 Å². The number of carboxylic acid groups (broad SMARTS) is 1. The summed E-state index contributed by atoms with van der Waals surface area (Å²) in [5.74, 6) is -0.498. The Morgan fingerprint density at radius 2 is 1.66 bits per heavy atom. The predicted octanol–water partition coefficient (Wildman–Crippen LogP) is 5.82. The van der Waals surface area contributed by atoms with Crippen molar-refractivity contribution >= 4 is 29.1 Å². The first-order valence-electron chi connectivity index (χ1n) is 10.9.